The van der Waals surface area contributed by atoms with Crippen molar-refractivity contribution in [1.82, 2.24) is 0 Å². The monoisotopic (exact) mass is 245 g/mol. The van der Waals surface area contributed by atoms with Crippen molar-refractivity contribution in [3.05, 3.63) is 12.7 Å². The van der Waals surface area contributed by atoms with E-state index in [1.165, 1.54) is 7.11 Å². The molecule has 0 saturated carbocycles. The molecule has 0 spiro atoms. The molecule has 0 amide bonds. The third-order valence-electron chi connectivity index (χ3n) is 1.78. The number of esters is 1. The summed E-state index contributed by atoms with van der Waals surface area (Å²) in [5, 5.41) is 3.75. The Kier molecular flexibility index (Phi) is 6.88. The van der Waals surface area contributed by atoms with Crippen molar-refractivity contribution >= 4 is 23.4 Å². The summed E-state index contributed by atoms with van der Waals surface area (Å²) in [6.07, 6.45) is 1.78. The molecule has 0 aromatic rings. The van der Waals surface area contributed by atoms with E-state index in [0.29, 0.717) is 6.61 Å². The molecule has 0 aliphatic carbocycles. The first-order valence-electron chi connectivity index (χ1n) is 5.03. The number of rotatable bonds is 7. The summed E-state index contributed by atoms with van der Waals surface area (Å²) >= 11 is 1.55. The Bertz CT molecular complexity index is 274. The Morgan fingerprint density at radius 2 is 2.19 bits per heavy atom. The van der Waals surface area contributed by atoms with Gasteiger partial charge < -0.3 is 9.57 Å². The molecule has 0 aromatic carbocycles. The Morgan fingerprint density at radius 1 is 1.56 bits per heavy atom. The first kappa shape index (κ1) is 15.0. The lowest BCUT2D eigenvalue weighted by molar-refractivity contribution is -0.135. The molecule has 92 valence electrons. The molecular formula is C11H19NO3S. The molecule has 0 aliphatic heterocycles. The molecule has 0 aliphatic rings. The molecule has 4 nitrogen and oxygen atoms in total. The summed E-state index contributed by atoms with van der Waals surface area (Å²) in [4.78, 5) is 16.4. The Balaban J connectivity index is 4.82. The van der Waals surface area contributed by atoms with Crippen molar-refractivity contribution in [2.45, 2.75) is 25.5 Å². The minimum Gasteiger partial charge on any atom is -0.461 e. The maximum Gasteiger partial charge on any atom is 0.357 e. The number of hydrogen-bond acceptors (Lipinski definition) is 5. The van der Waals surface area contributed by atoms with Crippen LogP contribution in [0.25, 0.3) is 0 Å². The molecule has 0 bridgehead atoms. The molecule has 0 fully saturated rings. The van der Waals surface area contributed by atoms with Gasteiger partial charge in [0.25, 0.3) is 0 Å². The topological polar surface area (TPSA) is 47.9 Å². The number of nitrogens with zero attached hydrogens (tertiary/aromatic N) is 1. The third kappa shape index (κ3) is 4.70. The summed E-state index contributed by atoms with van der Waals surface area (Å²) in [6.45, 7) is 9.52. The van der Waals surface area contributed by atoms with E-state index in [4.69, 9.17) is 4.74 Å². The first-order valence-corrected chi connectivity index (χ1v) is 6.01. The molecule has 5 heteroatoms. The zero-order valence-corrected chi connectivity index (χ0v) is 11.1. The fraction of sp³-hybridized carbons (Fsp3) is 0.636. The van der Waals surface area contributed by atoms with Crippen LogP contribution in [0.5, 0.6) is 0 Å². The van der Waals surface area contributed by atoms with E-state index in [0.717, 1.165) is 5.75 Å². The smallest absolute Gasteiger partial charge is 0.357 e. The molecule has 0 aromatic heterocycles. The van der Waals surface area contributed by atoms with E-state index in [1.807, 2.05) is 13.8 Å². The van der Waals surface area contributed by atoms with Crippen LogP contribution >= 0.6 is 11.8 Å². The summed E-state index contributed by atoms with van der Waals surface area (Å²) in [7, 11) is 1.41. The van der Waals surface area contributed by atoms with E-state index >= 15 is 0 Å². The number of carbonyl (C=O) groups excluding carboxylic acids is 1. The van der Waals surface area contributed by atoms with Gasteiger partial charge in [-0.05, 0) is 20.8 Å². The normalized spacial score (nSPS) is 12.1. The van der Waals surface area contributed by atoms with Gasteiger partial charge in [-0.3, -0.25) is 0 Å². The van der Waals surface area contributed by atoms with Gasteiger partial charge in [-0.2, -0.15) is 0 Å². The molecule has 0 rings (SSSR count). The van der Waals surface area contributed by atoms with Crippen molar-refractivity contribution in [3.8, 4) is 0 Å². The fourth-order valence-electron chi connectivity index (χ4n) is 1.02. The van der Waals surface area contributed by atoms with Gasteiger partial charge in [-0.15, -0.1) is 18.3 Å². The second-order valence-corrected chi connectivity index (χ2v) is 5.10. The quantitative estimate of drug-likeness (QED) is 0.299. The summed E-state index contributed by atoms with van der Waals surface area (Å²) < 4.78 is 4.47. The number of ether oxygens (including phenoxy) is 1. The molecular weight excluding hydrogens is 226 g/mol. The molecule has 0 radical (unpaired) electrons. The minimum absolute atomic E-state index is 0.281. The lowest BCUT2D eigenvalue weighted by atomic mass is 10.1. The molecule has 0 heterocycles. The van der Waals surface area contributed by atoms with Gasteiger partial charge in [-0.25, -0.2) is 4.79 Å². The molecule has 16 heavy (non-hydrogen) atoms. The average molecular weight is 245 g/mol. The summed E-state index contributed by atoms with van der Waals surface area (Å²) in [5.74, 6) is 0.292. The van der Waals surface area contributed by atoms with Gasteiger partial charge >= 0.3 is 5.97 Å². The van der Waals surface area contributed by atoms with E-state index < -0.39 is 10.7 Å². The zero-order chi connectivity index (χ0) is 12.6. The van der Waals surface area contributed by atoms with Gasteiger partial charge in [0.05, 0.1) is 11.4 Å². The van der Waals surface area contributed by atoms with Crippen LogP contribution in [0.4, 0.5) is 0 Å². The third-order valence-corrected chi connectivity index (χ3v) is 3.10. The number of oxime groups is 1. The van der Waals surface area contributed by atoms with Crippen LogP contribution < -0.4 is 0 Å². The van der Waals surface area contributed by atoms with Crippen molar-refractivity contribution in [1.29, 1.82) is 0 Å². The van der Waals surface area contributed by atoms with E-state index in [9.17, 15) is 4.79 Å². The molecule has 0 N–H and O–H groups in total. The first-order chi connectivity index (χ1) is 7.49. The Morgan fingerprint density at radius 3 is 2.62 bits per heavy atom. The van der Waals surface area contributed by atoms with Crippen LogP contribution in [-0.4, -0.2) is 35.9 Å². The fourth-order valence-corrected chi connectivity index (χ4v) is 1.81. The van der Waals surface area contributed by atoms with Crippen molar-refractivity contribution in [2.75, 3.05) is 19.5 Å². The minimum atomic E-state index is -0.462. The highest BCUT2D eigenvalue weighted by Gasteiger charge is 2.33. The molecule has 0 atom stereocenters. The Labute approximate surface area is 101 Å². The maximum atomic E-state index is 11.7. The maximum absolute atomic E-state index is 11.7. The number of thioether (sulfide) groups is 1. The van der Waals surface area contributed by atoms with Gasteiger partial charge in [0, 0.05) is 5.75 Å². The highest BCUT2D eigenvalue weighted by Crippen LogP contribution is 2.27. The second kappa shape index (κ2) is 7.33. The van der Waals surface area contributed by atoms with E-state index in [-0.39, 0.29) is 5.71 Å². The van der Waals surface area contributed by atoms with Crippen molar-refractivity contribution in [3.63, 3.8) is 0 Å². The van der Waals surface area contributed by atoms with E-state index in [1.54, 1.807) is 24.8 Å². The zero-order valence-electron chi connectivity index (χ0n) is 10.3. The largest absolute Gasteiger partial charge is 0.461 e. The average Bonchev–Trinajstić information content (AvgIpc) is 2.23. The molecule has 0 unspecified atom stereocenters. The molecule has 0 saturated heterocycles. The van der Waals surface area contributed by atoms with Gasteiger partial charge in [0.2, 0.25) is 0 Å². The highest BCUT2D eigenvalue weighted by atomic mass is 32.2. The summed E-state index contributed by atoms with van der Waals surface area (Å²) in [6, 6.07) is 0. The standard InChI is InChI=1S/C11H19NO3S/c1-6-8-16-11(3,4)9(12-14-5)10(13)15-7-2/h6H,1,7-8H2,2-5H3. The van der Waals surface area contributed by atoms with Crippen molar-refractivity contribution < 1.29 is 14.4 Å². The highest BCUT2D eigenvalue weighted by molar-refractivity contribution is 8.01. The van der Waals surface area contributed by atoms with E-state index in [2.05, 4.69) is 16.6 Å². The number of carbonyl (C=O) groups is 1. The predicted molar refractivity (Wildman–Crippen MR) is 67.8 cm³/mol. The van der Waals surface area contributed by atoms with Crippen LogP contribution in [0.15, 0.2) is 17.8 Å². The number of hydrogen-bond donors (Lipinski definition) is 0. The van der Waals surface area contributed by atoms with Crippen molar-refractivity contribution in [2.24, 2.45) is 5.16 Å². The summed E-state index contributed by atoms with van der Waals surface area (Å²) in [5.41, 5.74) is 0.281. The lowest BCUT2D eigenvalue weighted by Gasteiger charge is -2.23. The second-order valence-electron chi connectivity index (χ2n) is 3.45. The predicted octanol–water partition coefficient (Wildman–Crippen LogP) is 2.25. The van der Waals surface area contributed by atoms with Gasteiger partial charge in [0.15, 0.2) is 5.71 Å². The van der Waals surface area contributed by atoms with Gasteiger partial charge in [-0.1, -0.05) is 11.2 Å². The van der Waals surface area contributed by atoms with Crippen LogP contribution in [0.1, 0.15) is 20.8 Å². The van der Waals surface area contributed by atoms with Gasteiger partial charge in [0.1, 0.15) is 7.11 Å². The van der Waals surface area contributed by atoms with Crippen LogP contribution in [0.3, 0.4) is 0 Å². The van der Waals surface area contributed by atoms with Crippen LogP contribution in [0.2, 0.25) is 0 Å². The lowest BCUT2D eigenvalue weighted by Crippen LogP contribution is -2.36. The SMILES string of the molecule is C=CCSC(C)(C)C(=NOC)C(=O)OCC. The van der Waals surface area contributed by atoms with Crippen LogP contribution in [0, 0.1) is 0 Å². The Hall–Kier alpha value is -0.970. The van der Waals surface area contributed by atoms with Crippen LogP contribution in [-0.2, 0) is 14.4 Å².